The Hall–Kier alpha value is -0.730. The van der Waals surface area contributed by atoms with Crippen molar-refractivity contribution in [1.29, 1.82) is 0 Å². The lowest BCUT2D eigenvalue weighted by atomic mass is 9.91. The van der Waals surface area contributed by atoms with Gasteiger partial charge in [0.2, 0.25) is 0 Å². The fraction of sp³-hybridized carbons (Fsp3) is 0.600. The first-order valence-electron chi connectivity index (χ1n) is 4.38. The smallest absolute Gasteiger partial charge is 0.166 e. The van der Waals surface area contributed by atoms with Crippen LogP contribution in [-0.4, -0.2) is 6.18 Å². The summed E-state index contributed by atoms with van der Waals surface area (Å²) in [5, 5.41) is 0. The van der Waals surface area contributed by atoms with E-state index in [9.17, 15) is 13.2 Å². The first kappa shape index (κ1) is 10.4. The van der Waals surface area contributed by atoms with Crippen molar-refractivity contribution in [3.05, 3.63) is 23.3 Å². The van der Waals surface area contributed by atoms with Crippen LogP contribution in [0.15, 0.2) is 23.3 Å². The Morgan fingerprint density at radius 2 is 1.77 bits per heavy atom. The maximum Gasteiger partial charge on any atom is 0.412 e. The fourth-order valence-electron chi connectivity index (χ4n) is 1.37. The van der Waals surface area contributed by atoms with E-state index in [0.717, 1.165) is 5.57 Å². The summed E-state index contributed by atoms with van der Waals surface area (Å²) in [6, 6.07) is 0. The maximum absolute atomic E-state index is 12.2. The predicted molar refractivity (Wildman–Crippen MR) is 46.3 cm³/mol. The normalized spacial score (nSPS) is 18.6. The van der Waals surface area contributed by atoms with Crippen LogP contribution in [0.25, 0.3) is 0 Å². The summed E-state index contributed by atoms with van der Waals surface area (Å²) in [4.78, 5) is 0. The summed E-state index contributed by atoms with van der Waals surface area (Å²) in [7, 11) is 0. The highest BCUT2D eigenvalue weighted by molar-refractivity contribution is 5.27. The predicted octanol–water partition coefficient (Wildman–Crippen LogP) is 3.85. The van der Waals surface area contributed by atoms with Crippen molar-refractivity contribution < 1.29 is 13.2 Å². The molecule has 13 heavy (non-hydrogen) atoms. The molecule has 0 N–H and O–H groups in total. The molecule has 1 aliphatic carbocycles. The molecule has 0 aromatic rings. The molecular weight excluding hydrogens is 177 g/mol. The van der Waals surface area contributed by atoms with Gasteiger partial charge < -0.3 is 0 Å². The van der Waals surface area contributed by atoms with E-state index in [-0.39, 0.29) is 6.42 Å². The van der Waals surface area contributed by atoms with Crippen molar-refractivity contribution in [2.45, 2.75) is 32.9 Å². The van der Waals surface area contributed by atoms with E-state index in [2.05, 4.69) is 0 Å². The summed E-state index contributed by atoms with van der Waals surface area (Å²) in [6.07, 6.45) is -0.647. The molecule has 0 aromatic carbocycles. The van der Waals surface area contributed by atoms with Crippen LogP contribution in [0, 0.1) is 5.92 Å². The minimum Gasteiger partial charge on any atom is -0.166 e. The Labute approximate surface area is 76.1 Å². The van der Waals surface area contributed by atoms with Gasteiger partial charge in [0.05, 0.1) is 0 Å². The second kappa shape index (κ2) is 3.56. The molecule has 0 atom stereocenters. The monoisotopic (exact) mass is 190 g/mol. The third-order valence-electron chi connectivity index (χ3n) is 2.29. The topological polar surface area (TPSA) is 0 Å². The molecule has 1 rings (SSSR count). The number of hydrogen-bond acceptors (Lipinski definition) is 0. The zero-order valence-electron chi connectivity index (χ0n) is 7.78. The zero-order valence-corrected chi connectivity index (χ0v) is 7.78. The van der Waals surface area contributed by atoms with E-state index in [1.54, 1.807) is 6.08 Å². The summed E-state index contributed by atoms with van der Waals surface area (Å²) in [6.45, 7) is 4.00. The van der Waals surface area contributed by atoms with E-state index in [4.69, 9.17) is 0 Å². The van der Waals surface area contributed by atoms with Crippen LogP contribution in [-0.2, 0) is 0 Å². The van der Waals surface area contributed by atoms with Crippen LogP contribution in [0.5, 0.6) is 0 Å². The summed E-state index contributed by atoms with van der Waals surface area (Å²) < 4.78 is 36.5. The molecule has 0 aliphatic heterocycles. The Morgan fingerprint density at radius 3 is 2.08 bits per heavy atom. The van der Waals surface area contributed by atoms with Crippen molar-refractivity contribution in [2.75, 3.05) is 0 Å². The lowest BCUT2D eigenvalue weighted by molar-refractivity contribution is -0.0941. The summed E-state index contributed by atoms with van der Waals surface area (Å²) in [5.74, 6) is 0.353. The van der Waals surface area contributed by atoms with Gasteiger partial charge in [0.1, 0.15) is 0 Å². The Morgan fingerprint density at radius 1 is 1.15 bits per heavy atom. The van der Waals surface area contributed by atoms with E-state index < -0.39 is 11.7 Å². The molecule has 0 radical (unpaired) electrons. The van der Waals surface area contributed by atoms with Crippen LogP contribution >= 0.6 is 0 Å². The highest BCUT2D eigenvalue weighted by Crippen LogP contribution is 2.34. The van der Waals surface area contributed by atoms with E-state index in [0.29, 0.717) is 12.3 Å². The number of rotatable bonds is 1. The van der Waals surface area contributed by atoms with E-state index in [1.165, 1.54) is 6.08 Å². The molecule has 0 nitrogen and oxygen atoms in total. The summed E-state index contributed by atoms with van der Waals surface area (Å²) >= 11 is 0. The highest BCUT2D eigenvalue weighted by atomic mass is 19.4. The van der Waals surface area contributed by atoms with Crippen molar-refractivity contribution in [3.8, 4) is 0 Å². The van der Waals surface area contributed by atoms with Gasteiger partial charge in [-0.05, 0) is 18.8 Å². The van der Waals surface area contributed by atoms with Gasteiger partial charge >= 0.3 is 6.18 Å². The lowest BCUT2D eigenvalue weighted by Crippen LogP contribution is -2.14. The van der Waals surface area contributed by atoms with Gasteiger partial charge in [0, 0.05) is 5.57 Å². The maximum atomic E-state index is 12.2. The molecule has 0 saturated carbocycles. The van der Waals surface area contributed by atoms with Gasteiger partial charge in [0.25, 0.3) is 0 Å². The quantitative estimate of drug-likeness (QED) is 0.589. The van der Waals surface area contributed by atoms with Crippen molar-refractivity contribution in [3.63, 3.8) is 0 Å². The minimum absolute atomic E-state index is 0.132. The first-order chi connectivity index (χ1) is 5.91. The Bertz CT molecular complexity index is 243. The SMILES string of the molecule is CC(C)C1=CC=C(C(F)(F)F)CC1. The van der Waals surface area contributed by atoms with Crippen LogP contribution in [0.3, 0.4) is 0 Å². The third-order valence-corrected chi connectivity index (χ3v) is 2.29. The average Bonchev–Trinajstić information content (AvgIpc) is 2.03. The Balaban J connectivity index is 2.77. The number of hydrogen-bond donors (Lipinski definition) is 0. The largest absolute Gasteiger partial charge is 0.412 e. The van der Waals surface area contributed by atoms with Crippen molar-refractivity contribution >= 4 is 0 Å². The zero-order chi connectivity index (χ0) is 10.1. The molecule has 0 fully saturated rings. The van der Waals surface area contributed by atoms with Gasteiger partial charge in [0.15, 0.2) is 0 Å². The molecule has 0 aromatic heterocycles. The van der Waals surface area contributed by atoms with Crippen LogP contribution in [0.4, 0.5) is 13.2 Å². The molecule has 0 spiro atoms. The molecule has 1 aliphatic rings. The number of halogens is 3. The first-order valence-corrected chi connectivity index (χ1v) is 4.38. The molecule has 3 heteroatoms. The van der Waals surface area contributed by atoms with Crippen molar-refractivity contribution in [2.24, 2.45) is 5.92 Å². The van der Waals surface area contributed by atoms with Gasteiger partial charge in [-0.3, -0.25) is 0 Å². The number of alkyl halides is 3. The fourth-order valence-corrected chi connectivity index (χ4v) is 1.37. The van der Waals surface area contributed by atoms with Gasteiger partial charge in [-0.2, -0.15) is 13.2 Å². The highest BCUT2D eigenvalue weighted by Gasteiger charge is 2.33. The second-order valence-corrected chi connectivity index (χ2v) is 3.59. The molecule has 0 saturated heterocycles. The van der Waals surface area contributed by atoms with E-state index in [1.807, 2.05) is 13.8 Å². The average molecular weight is 190 g/mol. The van der Waals surface area contributed by atoms with Gasteiger partial charge in [-0.1, -0.05) is 31.6 Å². The minimum atomic E-state index is -4.14. The molecule has 0 heterocycles. The molecule has 0 bridgehead atoms. The third kappa shape index (κ3) is 2.61. The van der Waals surface area contributed by atoms with Crippen LogP contribution < -0.4 is 0 Å². The summed E-state index contributed by atoms with van der Waals surface area (Å²) in [5.41, 5.74) is 0.699. The molecule has 0 amide bonds. The van der Waals surface area contributed by atoms with Crippen LogP contribution in [0.2, 0.25) is 0 Å². The van der Waals surface area contributed by atoms with Crippen LogP contribution in [0.1, 0.15) is 26.7 Å². The van der Waals surface area contributed by atoms with Gasteiger partial charge in [-0.15, -0.1) is 0 Å². The Kier molecular flexibility index (Phi) is 2.84. The van der Waals surface area contributed by atoms with Crippen molar-refractivity contribution in [1.82, 2.24) is 0 Å². The second-order valence-electron chi connectivity index (χ2n) is 3.59. The lowest BCUT2D eigenvalue weighted by Gasteiger charge is -2.18. The van der Waals surface area contributed by atoms with E-state index >= 15 is 0 Å². The standard InChI is InChI=1S/C10H13F3/c1-7(2)8-3-5-9(6-4-8)10(11,12)13/h3,5,7H,4,6H2,1-2H3. The van der Waals surface area contributed by atoms with Gasteiger partial charge in [-0.25, -0.2) is 0 Å². The molecule has 74 valence electrons. The molecule has 0 unspecified atom stereocenters. The number of allylic oxidation sites excluding steroid dienone is 4. The molecular formula is C10H13F3.